The highest BCUT2D eigenvalue weighted by molar-refractivity contribution is 5.68. The molecule has 0 saturated heterocycles. The highest BCUT2D eigenvalue weighted by Crippen LogP contribution is 2.36. The zero-order chi connectivity index (χ0) is 20.9. The molecule has 0 fully saturated rings. The van der Waals surface area contributed by atoms with Crippen LogP contribution in [0.5, 0.6) is 11.5 Å². The molecule has 154 valence electrons. The molecule has 0 amide bonds. The summed E-state index contributed by atoms with van der Waals surface area (Å²) in [4.78, 5) is 11.1. The zero-order valence-corrected chi connectivity index (χ0v) is 17.1. The third-order valence-corrected chi connectivity index (χ3v) is 5.74. The lowest BCUT2D eigenvalue weighted by Gasteiger charge is -2.24. The first-order valence-electron chi connectivity index (χ1n) is 10.3. The average molecular weight is 402 g/mol. The predicted molar refractivity (Wildman–Crippen MR) is 117 cm³/mol. The van der Waals surface area contributed by atoms with E-state index in [2.05, 4.69) is 36.4 Å². The summed E-state index contributed by atoms with van der Waals surface area (Å²) in [6.45, 7) is 0.496. The molecule has 1 N–H and O–H groups in total. The molecule has 30 heavy (non-hydrogen) atoms. The molecule has 0 heterocycles. The van der Waals surface area contributed by atoms with Gasteiger partial charge in [0.2, 0.25) is 0 Å². The molecule has 4 heteroatoms. The Kier molecular flexibility index (Phi) is 6.03. The van der Waals surface area contributed by atoms with Crippen molar-refractivity contribution in [2.45, 2.75) is 38.2 Å². The number of benzene rings is 3. The number of fused-ring (bicyclic) bond motifs is 1. The fourth-order valence-electron chi connectivity index (χ4n) is 4.17. The maximum absolute atomic E-state index is 11.1. The van der Waals surface area contributed by atoms with Crippen LogP contribution in [0.1, 0.15) is 41.9 Å². The van der Waals surface area contributed by atoms with Gasteiger partial charge in [-0.05, 0) is 77.3 Å². The van der Waals surface area contributed by atoms with Gasteiger partial charge in [-0.15, -0.1) is 0 Å². The van der Waals surface area contributed by atoms with E-state index in [1.807, 2.05) is 30.3 Å². The maximum atomic E-state index is 11.1. The molecule has 1 aliphatic carbocycles. The lowest BCUT2D eigenvalue weighted by atomic mass is 9.81. The molecule has 4 rings (SSSR count). The van der Waals surface area contributed by atoms with E-state index in [0.717, 1.165) is 47.5 Å². The van der Waals surface area contributed by atoms with Crippen LogP contribution < -0.4 is 9.47 Å². The van der Waals surface area contributed by atoms with E-state index in [1.165, 1.54) is 11.1 Å². The lowest BCUT2D eigenvalue weighted by molar-refractivity contribution is -0.137. The van der Waals surface area contributed by atoms with E-state index in [1.54, 1.807) is 7.11 Å². The minimum absolute atomic E-state index is 0.115. The third-order valence-electron chi connectivity index (χ3n) is 5.74. The molecule has 0 bridgehead atoms. The van der Waals surface area contributed by atoms with Crippen LogP contribution in [0.2, 0.25) is 0 Å². The highest BCUT2D eigenvalue weighted by Gasteiger charge is 2.22. The molecule has 1 aliphatic rings. The van der Waals surface area contributed by atoms with Crippen molar-refractivity contribution in [1.82, 2.24) is 0 Å². The molecule has 1 atom stereocenters. The summed E-state index contributed by atoms with van der Waals surface area (Å²) in [7, 11) is 1.67. The minimum atomic E-state index is -0.731. The Hall–Kier alpha value is -3.27. The van der Waals surface area contributed by atoms with Crippen molar-refractivity contribution in [3.05, 3.63) is 83.4 Å². The van der Waals surface area contributed by atoms with Crippen LogP contribution in [0.15, 0.2) is 66.7 Å². The van der Waals surface area contributed by atoms with E-state index in [4.69, 9.17) is 14.6 Å². The van der Waals surface area contributed by atoms with Crippen molar-refractivity contribution in [3.63, 3.8) is 0 Å². The zero-order valence-electron chi connectivity index (χ0n) is 17.1. The molecular weight excluding hydrogens is 376 g/mol. The van der Waals surface area contributed by atoms with Gasteiger partial charge in [0.15, 0.2) is 0 Å². The van der Waals surface area contributed by atoms with E-state index in [-0.39, 0.29) is 12.3 Å². The van der Waals surface area contributed by atoms with Crippen LogP contribution in [0.3, 0.4) is 0 Å². The number of ether oxygens (including phenoxy) is 2. The molecular formula is C26H26O4. The van der Waals surface area contributed by atoms with Gasteiger partial charge in [-0.3, -0.25) is 4.79 Å². The second-order valence-electron chi connectivity index (χ2n) is 7.77. The Morgan fingerprint density at radius 2 is 1.83 bits per heavy atom. The molecule has 0 radical (unpaired) electrons. The Labute approximate surface area is 177 Å². The largest absolute Gasteiger partial charge is 0.497 e. The molecule has 1 unspecified atom stereocenters. The molecule has 0 aromatic heterocycles. The highest BCUT2D eigenvalue weighted by atomic mass is 16.5. The van der Waals surface area contributed by atoms with Gasteiger partial charge in [0.1, 0.15) is 18.1 Å². The van der Waals surface area contributed by atoms with Gasteiger partial charge in [0.25, 0.3) is 0 Å². The van der Waals surface area contributed by atoms with Crippen molar-refractivity contribution in [1.29, 1.82) is 0 Å². The number of carboxylic acids is 1. The van der Waals surface area contributed by atoms with Gasteiger partial charge in [0, 0.05) is 0 Å². The number of aryl methyl sites for hydroxylation is 1. The lowest BCUT2D eigenvalue weighted by Crippen LogP contribution is -2.13. The smallest absolute Gasteiger partial charge is 0.303 e. The SMILES string of the molecule is COc1cccc(-c2ccc(COc3ccc4c(c3)CCCC4CC(=O)O)cc2)c1. The summed E-state index contributed by atoms with van der Waals surface area (Å²) in [5.41, 5.74) is 5.74. The Balaban J connectivity index is 1.42. The first kappa shape index (κ1) is 20.0. The summed E-state index contributed by atoms with van der Waals surface area (Å²) in [6, 6.07) is 22.5. The fraction of sp³-hybridized carbons (Fsp3) is 0.269. The van der Waals surface area contributed by atoms with E-state index >= 15 is 0 Å². The molecule has 0 aliphatic heterocycles. The van der Waals surface area contributed by atoms with E-state index in [9.17, 15) is 4.79 Å². The third kappa shape index (κ3) is 4.65. The number of aliphatic carboxylic acids is 1. The summed E-state index contributed by atoms with van der Waals surface area (Å²) in [5.74, 6) is 1.06. The average Bonchev–Trinajstić information content (AvgIpc) is 2.78. The number of methoxy groups -OCH3 is 1. The summed E-state index contributed by atoms with van der Waals surface area (Å²) in [5, 5.41) is 9.14. The van der Waals surface area contributed by atoms with Crippen LogP contribution in [0.25, 0.3) is 11.1 Å². The summed E-state index contributed by atoms with van der Waals surface area (Å²) < 4.78 is 11.3. The van der Waals surface area contributed by atoms with Gasteiger partial charge in [0.05, 0.1) is 13.5 Å². The quantitative estimate of drug-likeness (QED) is 0.540. The van der Waals surface area contributed by atoms with Crippen LogP contribution >= 0.6 is 0 Å². The van der Waals surface area contributed by atoms with E-state index in [0.29, 0.717) is 6.61 Å². The van der Waals surface area contributed by atoms with Crippen molar-refractivity contribution in [2.75, 3.05) is 7.11 Å². The molecule has 3 aromatic carbocycles. The van der Waals surface area contributed by atoms with Crippen LogP contribution in [0.4, 0.5) is 0 Å². The van der Waals surface area contributed by atoms with Crippen molar-refractivity contribution in [2.24, 2.45) is 0 Å². The standard InChI is InChI=1S/C26H26O4/c1-29-23-7-3-4-20(14-23)19-10-8-18(9-11-19)17-30-24-12-13-25-21(15-24)5-2-6-22(25)16-26(27)28/h3-4,7-15,22H,2,5-6,16-17H2,1H3,(H,27,28). The first-order chi connectivity index (χ1) is 14.6. The van der Waals surface area contributed by atoms with Gasteiger partial charge in [-0.25, -0.2) is 0 Å². The van der Waals surface area contributed by atoms with Gasteiger partial charge >= 0.3 is 5.97 Å². The Morgan fingerprint density at radius 3 is 2.60 bits per heavy atom. The van der Waals surface area contributed by atoms with Crippen molar-refractivity contribution >= 4 is 5.97 Å². The topological polar surface area (TPSA) is 55.8 Å². The number of carbonyl (C=O) groups is 1. The van der Waals surface area contributed by atoms with Gasteiger partial charge in [-0.1, -0.05) is 42.5 Å². The van der Waals surface area contributed by atoms with Crippen LogP contribution in [-0.4, -0.2) is 18.2 Å². The summed E-state index contributed by atoms with van der Waals surface area (Å²) >= 11 is 0. The second kappa shape index (κ2) is 9.04. The normalized spacial score (nSPS) is 15.3. The van der Waals surface area contributed by atoms with Crippen LogP contribution in [-0.2, 0) is 17.8 Å². The van der Waals surface area contributed by atoms with Crippen LogP contribution in [0, 0.1) is 0 Å². The predicted octanol–water partition coefficient (Wildman–Crippen LogP) is 5.84. The number of rotatable bonds is 7. The van der Waals surface area contributed by atoms with Gasteiger partial charge < -0.3 is 14.6 Å². The fourth-order valence-corrected chi connectivity index (χ4v) is 4.17. The number of hydrogen-bond acceptors (Lipinski definition) is 3. The van der Waals surface area contributed by atoms with Crippen molar-refractivity contribution in [3.8, 4) is 22.6 Å². The maximum Gasteiger partial charge on any atom is 0.303 e. The van der Waals surface area contributed by atoms with Gasteiger partial charge in [-0.2, -0.15) is 0 Å². The summed E-state index contributed by atoms with van der Waals surface area (Å²) in [6.07, 6.45) is 3.16. The van der Waals surface area contributed by atoms with Crippen molar-refractivity contribution < 1.29 is 19.4 Å². The Bertz CT molecular complexity index is 1020. The van der Waals surface area contributed by atoms with E-state index < -0.39 is 5.97 Å². The molecule has 3 aromatic rings. The molecule has 0 spiro atoms. The monoisotopic (exact) mass is 402 g/mol. The minimum Gasteiger partial charge on any atom is -0.497 e. The second-order valence-corrected chi connectivity index (χ2v) is 7.77. The first-order valence-corrected chi connectivity index (χ1v) is 10.3. The molecule has 4 nitrogen and oxygen atoms in total. The number of hydrogen-bond donors (Lipinski definition) is 1. The number of carboxylic acid groups (broad SMARTS) is 1. The Morgan fingerprint density at radius 1 is 1.00 bits per heavy atom. The molecule has 0 saturated carbocycles.